The molecule has 1 aromatic heterocycles. The van der Waals surface area contributed by atoms with Crippen LogP contribution in [0.4, 0.5) is 22.9 Å². The highest BCUT2D eigenvalue weighted by Crippen LogP contribution is 2.33. The molecule has 2 heterocycles. The number of benzene rings is 2. The number of nitrogens with one attached hydrogen (secondary N) is 2. The number of carbonyl (C=O) groups excluding carboxylic acids is 2. The number of carbonyl (C=O) groups is 2. The summed E-state index contributed by atoms with van der Waals surface area (Å²) in [5, 5.41) is 6.64. The number of nitrogens with two attached hydrogens (primary N) is 1. The number of piperazine rings is 1. The fraction of sp³-hybridized carbons (Fsp3) is 0.259. The minimum Gasteiger partial charge on any atom is -0.369 e. The Kier molecular flexibility index (Phi) is 8.42. The van der Waals surface area contributed by atoms with Crippen molar-refractivity contribution in [1.82, 2.24) is 14.9 Å². The Bertz CT molecular complexity index is 1290. The molecule has 0 atom stereocenters. The first-order chi connectivity index (χ1) is 17.9. The van der Waals surface area contributed by atoms with Gasteiger partial charge in [-0.25, -0.2) is 9.97 Å². The van der Waals surface area contributed by atoms with Crippen LogP contribution in [0.1, 0.15) is 23.1 Å². The van der Waals surface area contributed by atoms with Crippen LogP contribution in [-0.2, 0) is 11.2 Å². The van der Waals surface area contributed by atoms with Gasteiger partial charge >= 0.3 is 0 Å². The molecule has 1 saturated heterocycles. The Balaban J connectivity index is 1.58. The van der Waals surface area contributed by atoms with Crippen LogP contribution in [0, 0.1) is 0 Å². The van der Waals surface area contributed by atoms with Gasteiger partial charge in [-0.05, 0) is 62.0 Å². The van der Waals surface area contributed by atoms with Gasteiger partial charge in [0.1, 0.15) is 5.03 Å². The van der Waals surface area contributed by atoms with Crippen molar-refractivity contribution in [3.05, 3.63) is 72.6 Å². The number of amides is 2. The third-order valence-corrected chi connectivity index (χ3v) is 7.01. The second kappa shape index (κ2) is 11.9. The molecule has 37 heavy (non-hydrogen) atoms. The van der Waals surface area contributed by atoms with Gasteiger partial charge in [-0.15, -0.1) is 0 Å². The second-order valence-corrected chi connectivity index (χ2v) is 9.74. The predicted octanol–water partition coefficient (Wildman–Crippen LogP) is 3.91. The summed E-state index contributed by atoms with van der Waals surface area (Å²) in [5.74, 6) is -0.632. The van der Waals surface area contributed by atoms with Gasteiger partial charge in [0.05, 0.1) is 5.69 Å². The molecule has 0 radical (unpaired) electrons. The van der Waals surface area contributed by atoms with Crippen LogP contribution in [0.25, 0.3) is 0 Å². The van der Waals surface area contributed by atoms with Crippen LogP contribution in [0.5, 0.6) is 0 Å². The molecule has 9 nitrogen and oxygen atoms in total. The molecule has 1 aliphatic heterocycles. The highest BCUT2D eigenvalue weighted by Gasteiger charge is 2.19. The summed E-state index contributed by atoms with van der Waals surface area (Å²) in [5.41, 5.74) is 9.00. The molecule has 0 unspecified atom stereocenters. The smallest absolute Gasteiger partial charge is 0.271 e. The number of aryl methyl sites for hydroxylation is 1. The van der Waals surface area contributed by atoms with Crippen molar-refractivity contribution in [2.75, 3.05) is 48.8 Å². The van der Waals surface area contributed by atoms with Crippen LogP contribution < -0.4 is 21.3 Å². The molecular formula is C27H31N7O2S. The molecule has 2 amide bonds. The minimum absolute atomic E-state index is 0.0938. The van der Waals surface area contributed by atoms with Gasteiger partial charge in [0.25, 0.3) is 5.91 Å². The van der Waals surface area contributed by atoms with Crippen molar-refractivity contribution < 1.29 is 9.59 Å². The van der Waals surface area contributed by atoms with E-state index in [9.17, 15) is 9.59 Å². The molecule has 1 fully saturated rings. The number of nitrogens with zero attached hydrogens (tertiary/aromatic N) is 4. The van der Waals surface area contributed by atoms with Crippen molar-refractivity contribution in [3.63, 3.8) is 0 Å². The minimum atomic E-state index is -0.649. The SMILES string of the molecule is C=CC(=O)Nc1cccc(Sc2nc(Nc3ccc(N4CCN(C)CC4)cc3)c(C(N)=O)nc2CC)c1. The van der Waals surface area contributed by atoms with E-state index in [1.54, 1.807) is 6.07 Å². The number of rotatable bonds is 9. The van der Waals surface area contributed by atoms with Gasteiger partial charge in [-0.3, -0.25) is 9.59 Å². The van der Waals surface area contributed by atoms with Crippen LogP contribution in [-0.4, -0.2) is 59.9 Å². The molecule has 10 heteroatoms. The predicted molar refractivity (Wildman–Crippen MR) is 149 cm³/mol. The van der Waals surface area contributed by atoms with Gasteiger partial charge in [-0.1, -0.05) is 31.3 Å². The lowest BCUT2D eigenvalue weighted by Gasteiger charge is -2.34. The summed E-state index contributed by atoms with van der Waals surface area (Å²) < 4.78 is 0. The first kappa shape index (κ1) is 26.2. The van der Waals surface area contributed by atoms with Gasteiger partial charge < -0.3 is 26.2 Å². The highest BCUT2D eigenvalue weighted by molar-refractivity contribution is 7.99. The van der Waals surface area contributed by atoms with E-state index >= 15 is 0 Å². The van der Waals surface area contributed by atoms with E-state index in [1.807, 2.05) is 37.3 Å². The lowest BCUT2D eigenvalue weighted by atomic mass is 10.2. The molecule has 4 rings (SSSR count). The molecule has 0 saturated carbocycles. The molecule has 4 N–H and O–H groups in total. The summed E-state index contributed by atoms with van der Waals surface area (Å²) in [6.45, 7) is 9.47. The lowest BCUT2D eigenvalue weighted by Crippen LogP contribution is -2.44. The lowest BCUT2D eigenvalue weighted by molar-refractivity contribution is -0.111. The molecule has 1 aliphatic rings. The molecular weight excluding hydrogens is 486 g/mol. The first-order valence-electron chi connectivity index (χ1n) is 12.1. The van der Waals surface area contributed by atoms with Gasteiger partial charge in [0.2, 0.25) is 5.91 Å². The second-order valence-electron chi connectivity index (χ2n) is 8.68. The van der Waals surface area contributed by atoms with Crippen molar-refractivity contribution in [2.45, 2.75) is 23.3 Å². The Morgan fingerprint density at radius 3 is 2.46 bits per heavy atom. The maximum absolute atomic E-state index is 12.2. The van der Waals surface area contributed by atoms with Crippen molar-refractivity contribution in [1.29, 1.82) is 0 Å². The van der Waals surface area contributed by atoms with Crippen molar-refractivity contribution in [3.8, 4) is 0 Å². The van der Waals surface area contributed by atoms with Crippen LogP contribution in [0.2, 0.25) is 0 Å². The number of hydrogen-bond donors (Lipinski definition) is 3. The summed E-state index contributed by atoms with van der Waals surface area (Å²) in [7, 11) is 2.13. The summed E-state index contributed by atoms with van der Waals surface area (Å²) in [6, 6.07) is 15.5. The Morgan fingerprint density at radius 2 is 1.81 bits per heavy atom. The fourth-order valence-electron chi connectivity index (χ4n) is 3.92. The molecule has 0 aliphatic carbocycles. The van der Waals surface area contributed by atoms with E-state index in [0.29, 0.717) is 28.6 Å². The number of likely N-dealkylation sites (N-methyl/N-ethyl adjacent to an activating group) is 1. The average Bonchev–Trinajstić information content (AvgIpc) is 2.90. The Labute approximate surface area is 221 Å². The maximum atomic E-state index is 12.2. The van der Waals surface area contributed by atoms with E-state index in [0.717, 1.165) is 42.4 Å². The standard InChI is InChI=1S/C27H31N7O2S/c1-4-22-27(37-21-8-6-7-19(17-21)29-23(35)5-2)32-26(24(31-22)25(28)36)30-18-9-11-20(12-10-18)34-15-13-33(3)14-16-34/h5-12,17H,2,4,13-16H2,1,3H3,(H2,28,36)(H,29,35)(H,30,32). The summed E-state index contributed by atoms with van der Waals surface area (Å²) >= 11 is 1.40. The van der Waals surface area contributed by atoms with E-state index < -0.39 is 5.91 Å². The number of hydrogen-bond acceptors (Lipinski definition) is 8. The van der Waals surface area contributed by atoms with E-state index in [4.69, 9.17) is 10.7 Å². The van der Waals surface area contributed by atoms with E-state index in [-0.39, 0.29) is 11.6 Å². The van der Waals surface area contributed by atoms with E-state index in [2.05, 4.69) is 51.2 Å². The van der Waals surface area contributed by atoms with Gasteiger partial charge in [-0.2, -0.15) is 0 Å². The van der Waals surface area contributed by atoms with Crippen molar-refractivity contribution in [2.24, 2.45) is 5.73 Å². The Morgan fingerprint density at radius 1 is 1.08 bits per heavy atom. The maximum Gasteiger partial charge on any atom is 0.271 e. The topological polar surface area (TPSA) is 116 Å². The Hall–Kier alpha value is -3.89. The number of anilines is 4. The third kappa shape index (κ3) is 6.66. The summed E-state index contributed by atoms with van der Waals surface area (Å²) in [4.78, 5) is 38.7. The molecule has 2 aromatic carbocycles. The van der Waals surface area contributed by atoms with Gasteiger partial charge in [0, 0.05) is 48.1 Å². The van der Waals surface area contributed by atoms with E-state index in [1.165, 1.54) is 17.8 Å². The first-order valence-corrected chi connectivity index (χ1v) is 12.9. The normalized spacial score (nSPS) is 13.7. The fourth-order valence-corrected chi connectivity index (χ4v) is 4.93. The highest BCUT2D eigenvalue weighted by atomic mass is 32.2. The molecule has 192 valence electrons. The zero-order chi connectivity index (χ0) is 26.4. The molecule has 0 spiro atoms. The zero-order valence-corrected chi connectivity index (χ0v) is 21.8. The van der Waals surface area contributed by atoms with Crippen LogP contribution >= 0.6 is 11.8 Å². The van der Waals surface area contributed by atoms with Gasteiger partial charge in [0.15, 0.2) is 11.5 Å². The van der Waals surface area contributed by atoms with Crippen LogP contribution in [0.15, 0.2) is 71.1 Å². The quantitative estimate of drug-likeness (QED) is 0.366. The summed E-state index contributed by atoms with van der Waals surface area (Å²) in [6.07, 6.45) is 1.79. The number of primary amides is 1. The third-order valence-electron chi connectivity index (χ3n) is 6.00. The largest absolute Gasteiger partial charge is 0.369 e. The average molecular weight is 518 g/mol. The zero-order valence-electron chi connectivity index (χ0n) is 21.0. The monoisotopic (exact) mass is 517 g/mol. The van der Waals surface area contributed by atoms with Crippen LogP contribution in [0.3, 0.4) is 0 Å². The molecule has 3 aromatic rings. The van der Waals surface area contributed by atoms with Crippen molar-refractivity contribution >= 4 is 46.5 Å². The number of aromatic nitrogens is 2. The molecule has 0 bridgehead atoms.